The maximum absolute atomic E-state index is 2.56. The largest absolute Gasteiger partial charge is 0.305 e. The molecule has 0 aliphatic rings. The van der Waals surface area contributed by atoms with Gasteiger partial charge in [0, 0.05) is 24.7 Å². The van der Waals surface area contributed by atoms with Gasteiger partial charge in [-0.1, -0.05) is 6.92 Å². The molecule has 0 aliphatic heterocycles. The summed E-state index contributed by atoms with van der Waals surface area (Å²) in [6.45, 7) is 12.6. The summed E-state index contributed by atoms with van der Waals surface area (Å²) < 4.78 is 0. The summed E-state index contributed by atoms with van der Waals surface area (Å²) in [5.41, 5.74) is 0. The molecule has 0 radical (unpaired) electrons. The molecule has 0 amide bonds. The summed E-state index contributed by atoms with van der Waals surface area (Å²) in [6, 6.07) is 1.97. The van der Waals surface area contributed by atoms with Gasteiger partial charge in [0.05, 0.1) is 0 Å². The third kappa shape index (κ3) is 4.43. The zero-order chi connectivity index (χ0) is 11.3. The van der Waals surface area contributed by atoms with Crippen LogP contribution in [0.3, 0.4) is 0 Å². The Hall–Kier alpha value is -0.0800. The van der Waals surface area contributed by atoms with Gasteiger partial charge in [-0.05, 0) is 48.2 Å². The van der Waals surface area contributed by atoms with Crippen LogP contribution >= 0.6 is 0 Å². The minimum atomic E-state index is 0.643. The zero-order valence-electron chi connectivity index (χ0n) is 11.0. The molecule has 0 heterocycles. The second-order valence-corrected chi connectivity index (χ2v) is 4.91. The number of nitrogens with zero attached hydrogens (tertiary/aromatic N) is 2. The summed E-state index contributed by atoms with van der Waals surface area (Å²) in [5.74, 6) is 0. The van der Waals surface area contributed by atoms with Crippen molar-refractivity contribution in [2.75, 3.05) is 20.6 Å². The minimum Gasteiger partial charge on any atom is -0.305 e. The zero-order valence-corrected chi connectivity index (χ0v) is 11.0. The lowest BCUT2D eigenvalue weighted by Crippen LogP contribution is -2.46. The van der Waals surface area contributed by atoms with Gasteiger partial charge in [-0.25, -0.2) is 0 Å². The molecule has 0 spiro atoms. The van der Waals surface area contributed by atoms with Crippen LogP contribution in [0.15, 0.2) is 0 Å². The second-order valence-electron chi connectivity index (χ2n) is 4.91. The Kier molecular flexibility index (Phi) is 6.38. The van der Waals surface area contributed by atoms with Gasteiger partial charge < -0.3 is 4.90 Å². The van der Waals surface area contributed by atoms with Gasteiger partial charge in [0.15, 0.2) is 0 Å². The van der Waals surface area contributed by atoms with E-state index in [9.17, 15) is 0 Å². The highest BCUT2D eigenvalue weighted by Gasteiger charge is 2.18. The van der Waals surface area contributed by atoms with Crippen LogP contribution in [0.4, 0.5) is 0 Å². The van der Waals surface area contributed by atoms with Crippen molar-refractivity contribution in [1.29, 1.82) is 0 Å². The number of hydrogen-bond acceptors (Lipinski definition) is 2. The van der Waals surface area contributed by atoms with E-state index >= 15 is 0 Å². The van der Waals surface area contributed by atoms with E-state index in [1.54, 1.807) is 0 Å². The van der Waals surface area contributed by atoms with Gasteiger partial charge in [0.1, 0.15) is 0 Å². The van der Waals surface area contributed by atoms with E-state index in [4.69, 9.17) is 0 Å². The monoisotopic (exact) mass is 200 g/mol. The molecule has 0 rings (SSSR count). The molecule has 2 nitrogen and oxygen atoms in total. The third-order valence-electron chi connectivity index (χ3n) is 2.95. The first-order valence-corrected chi connectivity index (χ1v) is 5.82. The van der Waals surface area contributed by atoms with Crippen molar-refractivity contribution in [2.24, 2.45) is 0 Å². The van der Waals surface area contributed by atoms with E-state index < -0.39 is 0 Å². The molecular weight excluding hydrogens is 172 g/mol. The lowest BCUT2D eigenvalue weighted by molar-refractivity contribution is 0.121. The van der Waals surface area contributed by atoms with Crippen LogP contribution in [-0.2, 0) is 0 Å². The summed E-state index contributed by atoms with van der Waals surface area (Å²) >= 11 is 0. The van der Waals surface area contributed by atoms with Crippen LogP contribution in [0.25, 0.3) is 0 Å². The van der Waals surface area contributed by atoms with E-state index in [1.165, 1.54) is 13.0 Å². The van der Waals surface area contributed by atoms with E-state index in [2.05, 4.69) is 58.5 Å². The highest BCUT2D eigenvalue weighted by atomic mass is 15.2. The normalized spacial score (nSPS) is 14.8. The van der Waals surface area contributed by atoms with Gasteiger partial charge >= 0.3 is 0 Å². The predicted octanol–water partition coefficient (Wildman–Crippen LogP) is 2.45. The van der Waals surface area contributed by atoms with Crippen LogP contribution in [-0.4, -0.2) is 48.6 Å². The molecule has 0 saturated carbocycles. The molecule has 86 valence electrons. The molecule has 0 aromatic carbocycles. The Labute approximate surface area is 90.3 Å². The van der Waals surface area contributed by atoms with E-state index in [0.717, 1.165) is 0 Å². The highest BCUT2D eigenvalue weighted by molar-refractivity contribution is 4.75. The first-order chi connectivity index (χ1) is 6.40. The lowest BCUT2D eigenvalue weighted by atomic mass is 10.1. The molecule has 0 N–H and O–H groups in total. The molecule has 0 bridgehead atoms. The van der Waals surface area contributed by atoms with Crippen LogP contribution in [0.1, 0.15) is 41.0 Å². The fourth-order valence-corrected chi connectivity index (χ4v) is 1.92. The summed E-state index contributed by atoms with van der Waals surface area (Å²) in [6.07, 6.45) is 1.23. The lowest BCUT2D eigenvalue weighted by Gasteiger charge is -2.36. The SMILES string of the molecule is CC[C@@H](CN(C(C)C)C(C)C)N(C)C. The van der Waals surface area contributed by atoms with E-state index in [-0.39, 0.29) is 0 Å². The molecule has 14 heavy (non-hydrogen) atoms. The topological polar surface area (TPSA) is 6.48 Å². The third-order valence-corrected chi connectivity index (χ3v) is 2.95. The van der Waals surface area contributed by atoms with Crippen molar-refractivity contribution in [2.45, 2.75) is 59.2 Å². The van der Waals surface area contributed by atoms with Crippen molar-refractivity contribution in [3.8, 4) is 0 Å². The second kappa shape index (κ2) is 6.41. The Morgan fingerprint density at radius 3 is 1.57 bits per heavy atom. The van der Waals surface area contributed by atoms with Gasteiger partial charge in [-0.3, -0.25) is 4.90 Å². The molecule has 0 fully saturated rings. The van der Waals surface area contributed by atoms with E-state index in [0.29, 0.717) is 18.1 Å². The molecule has 0 aromatic rings. The van der Waals surface area contributed by atoms with Gasteiger partial charge in [-0.2, -0.15) is 0 Å². The Morgan fingerprint density at radius 2 is 1.36 bits per heavy atom. The Morgan fingerprint density at radius 1 is 0.929 bits per heavy atom. The van der Waals surface area contributed by atoms with Crippen LogP contribution in [0, 0.1) is 0 Å². The van der Waals surface area contributed by atoms with Crippen molar-refractivity contribution in [3.63, 3.8) is 0 Å². The molecule has 0 unspecified atom stereocenters. The number of rotatable bonds is 6. The van der Waals surface area contributed by atoms with Gasteiger partial charge in [0.2, 0.25) is 0 Å². The van der Waals surface area contributed by atoms with Crippen LogP contribution < -0.4 is 0 Å². The molecule has 0 saturated heterocycles. The van der Waals surface area contributed by atoms with Crippen molar-refractivity contribution in [3.05, 3.63) is 0 Å². The fraction of sp³-hybridized carbons (Fsp3) is 1.00. The van der Waals surface area contributed by atoms with Crippen molar-refractivity contribution < 1.29 is 0 Å². The average molecular weight is 200 g/mol. The maximum atomic E-state index is 2.56. The van der Waals surface area contributed by atoms with E-state index in [1.807, 2.05) is 0 Å². The van der Waals surface area contributed by atoms with Crippen molar-refractivity contribution >= 4 is 0 Å². The first kappa shape index (κ1) is 13.9. The average Bonchev–Trinajstić information content (AvgIpc) is 2.03. The quantitative estimate of drug-likeness (QED) is 0.650. The molecule has 0 aromatic heterocycles. The molecule has 0 aliphatic carbocycles. The molecular formula is C12H28N2. The standard InChI is InChI=1S/C12H28N2/c1-8-12(13(6)7)9-14(10(2)3)11(4)5/h10-12H,8-9H2,1-7H3/t12-/m0/s1. The Bertz CT molecular complexity index is 133. The van der Waals surface area contributed by atoms with Gasteiger partial charge in [-0.15, -0.1) is 0 Å². The molecule has 1 atom stereocenters. The number of hydrogen-bond donors (Lipinski definition) is 0. The summed E-state index contributed by atoms with van der Waals surface area (Å²) in [7, 11) is 4.35. The summed E-state index contributed by atoms with van der Waals surface area (Å²) in [4.78, 5) is 4.89. The van der Waals surface area contributed by atoms with Crippen LogP contribution in [0.5, 0.6) is 0 Å². The minimum absolute atomic E-state index is 0.643. The predicted molar refractivity (Wildman–Crippen MR) is 64.7 cm³/mol. The van der Waals surface area contributed by atoms with Crippen molar-refractivity contribution in [1.82, 2.24) is 9.80 Å². The number of likely N-dealkylation sites (N-methyl/N-ethyl adjacent to an activating group) is 1. The fourth-order valence-electron chi connectivity index (χ4n) is 1.92. The molecule has 2 heteroatoms. The summed E-state index contributed by atoms with van der Waals surface area (Å²) in [5, 5.41) is 0. The highest BCUT2D eigenvalue weighted by Crippen LogP contribution is 2.09. The van der Waals surface area contributed by atoms with Gasteiger partial charge in [0.25, 0.3) is 0 Å². The van der Waals surface area contributed by atoms with Crippen LogP contribution in [0.2, 0.25) is 0 Å². The first-order valence-electron chi connectivity index (χ1n) is 5.82. The Balaban J connectivity index is 4.26. The smallest absolute Gasteiger partial charge is 0.0214 e. The maximum Gasteiger partial charge on any atom is 0.0214 e.